The first kappa shape index (κ1) is 12.3. The molecule has 0 saturated carbocycles. The normalized spacial score (nSPS) is 11.6. The molecule has 0 radical (unpaired) electrons. The molecule has 0 spiro atoms. The maximum absolute atomic E-state index is 10.6. The van der Waals surface area contributed by atoms with Crippen LogP contribution in [0.3, 0.4) is 0 Å². The minimum Gasteiger partial charge on any atom is -0.493 e. The number of benzene rings is 1. The summed E-state index contributed by atoms with van der Waals surface area (Å²) in [7, 11) is 1.55. The van der Waals surface area contributed by atoms with Crippen LogP contribution in [0.15, 0.2) is 30.9 Å². The molecule has 0 aliphatic heterocycles. The minimum absolute atomic E-state index is 0.0454. The molecule has 0 heterocycles. The van der Waals surface area contributed by atoms with Crippen LogP contribution >= 0.6 is 0 Å². The summed E-state index contributed by atoms with van der Waals surface area (Å²) in [5.41, 5.74) is 0.566. The summed E-state index contributed by atoms with van der Waals surface area (Å²) in [6, 6.07) is 5.08. The van der Waals surface area contributed by atoms with Crippen molar-refractivity contribution in [2.45, 2.75) is 19.4 Å². The third kappa shape index (κ3) is 2.86. The van der Waals surface area contributed by atoms with Crippen LogP contribution in [0.1, 0.15) is 23.7 Å². The molecule has 1 aromatic rings. The van der Waals surface area contributed by atoms with E-state index in [4.69, 9.17) is 9.47 Å². The number of methoxy groups -OCH3 is 1. The smallest absolute Gasteiger partial charge is 0.162 e. The average molecular weight is 220 g/mol. The topological polar surface area (TPSA) is 35.5 Å². The van der Waals surface area contributed by atoms with Gasteiger partial charge in [-0.3, -0.25) is 4.79 Å². The van der Waals surface area contributed by atoms with Crippen LogP contribution in [0.25, 0.3) is 0 Å². The quantitative estimate of drug-likeness (QED) is 0.546. The number of hydrogen-bond acceptors (Lipinski definition) is 3. The van der Waals surface area contributed by atoms with E-state index in [1.54, 1.807) is 31.4 Å². The zero-order valence-corrected chi connectivity index (χ0v) is 9.60. The van der Waals surface area contributed by atoms with E-state index >= 15 is 0 Å². The fourth-order valence-electron chi connectivity index (χ4n) is 1.32. The van der Waals surface area contributed by atoms with Crippen molar-refractivity contribution in [3.8, 4) is 11.5 Å². The lowest BCUT2D eigenvalue weighted by atomic mass is 10.2. The van der Waals surface area contributed by atoms with E-state index in [1.807, 2.05) is 6.92 Å². The Morgan fingerprint density at radius 2 is 2.19 bits per heavy atom. The molecule has 16 heavy (non-hydrogen) atoms. The van der Waals surface area contributed by atoms with Crippen molar-refractivity contribution in [1.29, 1.82) is 0 Å². The second-order valence-electron chi connectivity index (χ2n) is 3.33. The van der Waals surface area contributed by atoms with E-state index < -0.39 is 0 Å². The highest BCUT2D eigenvalue weighted by molar-refractivity contribution is 5.76. The minimum atomic E-state index is -0.0454. The number of carbonyl (C=O) groups is 1. The van der Waals surface area contributed by atoms with Crippen molar-refractivity contribution in [1.82, 2.24) is 0 Å². The molecular formula is C13H16O3. The lowest BCUT2D eigenvalue weighted by Crippen LogP contribution is -2.12. The van der Waals surface area contributed by atoms with E-state index in [0.717, 1.165) is 12.7 Å². The first-order valence-electron chi connectivity index (χ1n) is 5.17. The molecular weight excluding hydrogens is 204 g/mol. The van der Waals surface area contributed by atoms with Gasteiger partial charge in [-0.15, -0.1) is 0 Å². The summed E-state index contributed by atoms with van der Waals surface area (Å²) in [6.45, 7) is 5.71. The van der Waals surface area contributed by atoms with Gasteiger partial charge in [0.2, 0.25) is 0 Å². The second kappa shape index (κ2) is 5.95. The summed E-state index contributed by atoms with van der Waals surface area (Å²) in [4.78, 5) is 10.6. The van der Waals surface area contributed by atoms with E-state index in [1.165, 1.54) is 0 Å². The van der Waals surface area contributed by atoms with Crippen molar-refractivity contribution in [3.63, 3.8) is 0 Å². The SMILES string of the molecule is C=CC(CC)Oc1ccc(C=O)cc1OC. The predicted molar refractivity (Wildman–Crippen MR) is 63.3 cm³/mol. The predicted octanol–water partition coefficient (Wildman–Crippen LogP) is 2.85. The van der Waals surface area contributed by atoms with Gasteiger partial charge in [-0.1, -0.05) is 19.6 Å². The summed E-state index contributed by atoms with van der Waals surface area (Å²) < 4.78 is 10.8. The van der Waals surface area contributed by atoms with Gasteiger partial charge < -0.3 is 9.47 Å². The number of ether oxygens (including phenoxy) is 2. The van der Waals surface area contributed by atoms with Crippen LogP contribution in [-0.2, 0) is 0 Å². The van der Waals surface area contributed by atoms with Gasteiger partial charge in [0.15, 0.2) is 11.5 Å². The Balaban J connectivity index is 2.94. The summed E-state index contributed by atoms with van der Waals surface area (Å²) in [6.07, 6.45) is 3.31. The molecule has 0 aliphatic carbocycles. The standard InChI is InChI=1S/C13H16O3/c1-4-11(5-2)16-12-7-6-10(9-14)8-13(12)15-3/h4,6-9,11H,1,5H2,2-3H3. The van der Waals surface area contributed by atoms with Crippen molar-refractivity contribution < 1.29 is 14.3 Å². The van der Waals surface area contributed by atoms with Gasteiger partial charge in [0.05, 0.1) is 7.11 Å². The van der Waals surface area contributed by atoms with Crippen LogP contribution in [-0.4, -0.2) is 19.5 Å². The van der Waals surface area contributed by atoms with Crippen molar-refractivity contribution in [3.05, 3.63) is 36.4 Å². The Morgan fingerprint density at radius 3 is 2.69 bits per heavy atom. The maximum atomic E-state index is 10.6. The van der Waals surface area contributed by atoms with Crippen LogP contribution in [0.5, 0.6) is 11.5 Å². The average Bonchev–Trinajstić information content (AvgIpc) is 2.35. The first-order valence-corrected chi connectivity index (χ1v) is 5.17. The van der Waals surface area contributed by atoms with Crippen molar-refractivity contribution in [2.75, 3.05) is 7.11 Å². The van der Waals surface area contributed by atoms with Crippen LogP contribution in [0.4, 0.5) is 0 Å². The molecule has 0 aromatic heterocycles. The fourth-order valence-corrected chi connectivity index (χ4v) is 1.32. The van der Waals surface area contributed by atoms with Gasteiger partial charge >= 0.3 is 0 Å². The lowest BCUT2D eigenvalue weighted by Gasteiger charge is -2.16. The van der Waals surface area contributed by atoms with Gasteiger partial charge in [0, 0.05) is 5.56 Å². The number of aldehydes is 1. The molecule has 0 bridgehead atoms. The van der Waals surface area contributed by atoms with E-state index in [2.05, 4.69) is 6.58 Å². The molecule has 86 valence electrons. The van der Waals surface area contributed by atoms with E-state index in [9.17, 15) is 4.79 Å². The van der Waals surface area contributed by atoms with Gasteiger partial charge in [0.1, 0.15) is 12.4 Å². The molecule has 1 unspecified atom stereocenters. The maximum Gasteiger partial charge on any atom is 0.162 e. The summed E-state index contributed by atoms with van der Waals surface area (Å²) in [5, 5.41) is 0. The lowest BCUT2D eigenvalue weighted by molar-refractivity contribution is 0.112. The molecule has 0 N–H and O–H groups in total. The highest BCUT2D eigenvalue weighted by Gasteiger charge is 2.09. The summed E-state index contributed by atoms with van der Waals surface area (Å²) in [5.74, 6) is 1.18. The molecule has 0 amide bonds. The number of carbonyl (C=O) groups excluding carboxylic acids is 1. The molecule has 0 fully saturated rings. The first-order chi connectivity index (χ1) is 7.74. The largest absolute Gasteiger partial charge is 0.493 e. The second-order valence-corrected chi connectivity index (χ2v) is 3.33. The Kier molecular flexibility index (Phi) is 4.58. The van der Waals surface area contributed by atoms with Crippen molar-refractivity contribution in [2.24, 2.45) is 0 Å². The Labute approximate surface area is 95.7 Å². The zero-order valence-electron chi connectivity index (χ0n) is 9.60. The zero-order chi connectivity index (χ0) is 12.0. The van der Waals surface area contributed by atoms with Gasteiger partial charge in [-0.25, -0.2) is 0 Å². The molecule has 1 aromatic carbocycles. The van der Waals surface area contributed by atoms with Gasteiger partial charge in [-0.2, -0.15) is 0 Å². The van der Waals surface area contributed by atoms with Crippen molar-refractivity contribution >= 4 is 6.29 Å². The molecule has 0 aliphatic rings. The Bertz CT molecular complexity index is 371. The number of hydrogen-bond donors (Lipinski definition) is 0. The highest BCUT2D eigenvalue weighted by Crippen LogP contribution is 2.28. The molecule has 1 rings (SSSR count). The monoisotopic (exact) mass is 220 g/mol. The Morgan fingerprint density at radius 1 is 1.44 bits per heavy atom. The molecule has 3 nitrogen and oxygen atoms in total. The molecule has 1 atom stereocenters. The van der Waals surface area contributed by atoms with Gasteiger partial charge in [-0.05, 0) is 24.6 Å². The Hall–Kier alpha value is -1.77. The molecule has 0 saturated heterocycles. The van der Waals surface area contributed by atoms with Crippen LogP contribution in [0.2, 0.25) is 0 Å². The van der Waals surface area contributed by atoms with E-state index in [0.29, 0.717) is 17.1 Å². The molecule has 3 heteroatoms. The summed E-state index contributed by atoms with van der Waals surface area (Å²) >= 11 is 0. The van der Waals surface area contributed by atoms with Crippen LogP contribution in [0, 0.1) is 0 Å². The highest BCUT2D eigenvalue weighted by atomic mass is 16.5. The fraction of sp³-hybridized carbons (Fsp3) is 0.308. The number of rotatable bonds is 6. The van der Waals surface area contributed by atoms with Gasteiger partial charge in [0.25, 0.3) is 0 Å². The van der Waals surface area contributed by atoms with E-state index in [-0.39, 0.29) is 6.10 Å². The van der Waals surface area contributed by atoms with Crippen LogP contribution < -0.4 is 9.47 Å². The third-order valence-corrected chi connectivity index (χ3v) is 2.27. The third-order valence-electron chi connectivity index (χ3n) is 2.27.